The highest BCUT2D eigenvalue weighted by Crippen LogP contribution is 2.25. The van der Waals surface area contributed by atoms with Crippen LogP contribution in [0.1, 0.15) is 16.2 Å². The van der Waals surface area contributed by atoms with Crippen molar-refractivity contribution in [3.8, 4) is 10.9 Å². The summed E-state index contributed by atoms with van der Waals surface area (Å²) in [5, 5.41) is 16.6. The van der Waals surface area contributed by atoms with Gasteiger partial charge in [-0.15, -0.1) is 10.2 Å². The molecule has 3 heterocycles. The van der Waals surface area contributed by atoms with Crippen LogP contribution in [-0.2, 0) is 0 Å². The first kappa shape index (κ1) is 20.3. The van der Waals surface area contributed by atoms with Crippen molar-refractivity contribution in [2.75, 3.05) is 24.3 Å². The van der Waals surface area contributed by atoms with Gasteiger partial charge in [0.1, 0.15) is 6.54 Å². The van der Waals surface area contributed by atoms with E-state index in [1.807, 2.05) is 5.32 Å². The standard InChI is InChI=1S/C15H13F3N6O4S/c1-7-3-4-20-24(7)14-23-22-13(29-14)21-11(25)9-5-8(19-6-15(16,17)18)10(27-2)12(26)28-9/h3-5,19H,6H2,1-2H3,(H,21,22,25). The molecule has 3 aromatic heterocycles. The number of ether oxygens (including phenoxy) is 1. The average molecular weight is 430 g/mol. The normalized spacial score (nSPS) is 11.3. The molecule has 154 valence electrons. The van der Waals surface area contributed by atoms with Crippen LogP contribution in [0, 0.1) is 6.92 Å². The van der Waals surface area contributed by atoms with Gasteiger partial charge in [0.2, 0.25) is 16.0 Å². The van der Waals surface area contributed by atoms with Crippen molar-refractivity contribution < 1.29 is 27.1 Å². The Balaban J connectivity index is 1.82. The molecule has 3 aromatic rings. The van der Waals surface area contributed by atoms with Gasteiger partial charge in [0.25, 0.3) is 5.91 Å². The van der Waals surface area contributed by atoms with E-state index in [-0.39, 0.29) is 10.8 Å². The van der Waals surface area contributed by atoms with Crippen molar-refractivity contribution in [2.45, 2.75) is 13.1 Å². The summed E-state index contributed by atoms with van der Waals surface area (Å²) >= 11 is 0.995. The van der Waals surface area contributed by atoms with Crippen LogP contribution in [0.2, 0.25) is 0 Å². The molecule has 0 saturated heterocycles. The minimum absolute atomic E-state index is 0.0724. The SMILES string of the molecule is COc1c(NCC(F)(F)F)cc(C(=O)Nc2nnc(-n3nccc3C)s2)oc1=O. The molecule has 0 fully saturated rings. The van der Waals surface area contributed by atoms with Crippen LogP contribution in [-0.4, -0.2) is 45.7 Å². The van der Waals surface area contributed by atoms with E-state index in [9.17, 15) is 22.8 Å². The molecule has 0 aliphatic heterocycles. The summed E-state index contributed by atoms with van der Waals surface area (Å²) < 4.78 is 48.5. The molecule has 2 N–H and O–H groups in total. The van der Waals surface area contributed by atoms with Crippen molar-refractivity contribution in [3.05, 3.63) is 40.2 Å². The maximum Gasteiger partial charge on any atom is 0.405 e. The van der Waals surface area contributed by atoms with Crippen molar-refractivity contribution in [3.63, 3.8) is 0 Å². The molecule has 3 rings (SSSR count). The molecule has 10 nitrogen and oxygen atoms in total. The Labute approximate surface area is 164 Å². The lowest BCUT2D eigenvalue weighted by Crippen LogP contribution is -2.23. The van der Waals surface area contributed by atoms with E-state index >= 15 is 0 Å². The predicted octanol–water partition coefficient (Wildman–Crippen LogP) is 2.22. The van der Waals surface area contributed by atoms with Crippen LogP contribution in [0.15, 0.2) is 27.5 Å². The molecule has 0 bridgehead atoms. The lowest BCUT2D eigenvalue weighted by Gasteiger charge is -2.12. The largest absolute Gasteiger partial charge is 0.488 e. The molecule has 0 radical (unpaired) electrons. The molecule has 1 amide bonds. The number of amides is 1. The van der Waals surface area contributed by atoms with Gasteiger partial charge in [-0.3, -0.25) is 10.1 Å². The fraction of sp³-hybridized carbons (Fsp3) is 0.267. The second-order valence-electron chi connectivity index (χ2n) is 5.54. The maximum atomic E-state index is 12.5. The maximum absolute atomic E-state index is 12.5. The van der Waals surface area contributed by atoms with Crippen LogP contribution in [0.3, 0.4) is 0 Å². The topological polar surface area (TPSA) is 124 Å². The van der Waals surface area contributed by atoms with Crippen molar-refractivity contribution >= 4 is 28.1 Å². The smallest absolute Gasteiger partial charge is 0.405 e. The van der Waals surface area contributed by atoms with Gasteiger partial charge in [-0.1, -0.05) is 11.3 Å². The third kappa shape index (κ3) is 4.71. The molecule has 0 aliphatic carbocycles. The average Bonchev–Trinajstić information content (AvgIpc) is 3.27. The van der Waals surface area contributed by atoms with Gasteiger partial charge in [-0.05, 0) is 13.0 Å². The number of aryl methyl sites for hydroxylation is 1. The third-order valence-corrected chi connectivity index (χ3v) is 4.28. The number of carbonyl (C=O) groups is 1. The summed E-state index contributed by atoms with van der Waals surface area (Å²) in [5.41, 5.74) is -0.660. The number of rotatable bonds is 6. The number of halogens is 3. The van der Waals surface area contributed by atoms with Crippen LogP contribution in [0.25, 0.3) is 5.13 Å². The Morgan fingerprint density at radius 2 is 2.14 bits per heavy atom. The van der Waals surface area contributed by atoms with Gasteiger partial charge in [-0.2, -0.15) is 18.3 Å². The summed E-state index contributed by atoms with van der Waals surface area (Å²) in [6.07, 6.45) is -2.98. The van der Waals surface area contributed by atoms with Crippen LogP contribution < -0.4 is 21.0 Å². The lowest BCUT2D eigenvalue weighted by molar-refractivity contribution is -0.115. The van der Waals surface area contributed by atoms with Gasteiger partial charge in [-0.25, -0.2) is 9.48 Å². The minimum atomic E-state index is -4.54. The van der Waals surface area contributed by atoms with Gasteiger partial charge in [0, 0.05) is 18.0 Å². The van der Waals surface area contributed by atoms with Gasteiger partial charge >= 0.3 is 11.8 Å². The molecule has 0 atom stereocenters. The van der Waals surface area contributed by atoms with E-state index < -0.39 is 35.8 Å². The number of carbonyl (C=O) groups excluding carboxylic acids is 1. The number of hydrogen-bond acceptors (Lipinski definition) is 9. The third-order valence-electron chi connectivity index (χ3n) is 3.46. The summed E-state index contributed by atoms with van der Waals surface area (Å²) in [4.78, 5) is 24.3. The number of alkyl halides is 3. The Morgan fingerprint density at radius 3 is 2.76 bits per heavy atom. The van der Waals surface area contributed by atoms with Gasteiger partial charge in [0.05, 0.1) is 12.8 Å². The number of methoxy groups -OCH3 is 1. The van der Waals surface area contributed by atoms with E-state index in [4.69, 9.17) is 9.15 Å². The zero-order valence-electron chi connectivity index (χ0n) is 14.9. The Morgan fingerprint density at radius 1 is 1.38 bits per heavy atom. The number of nitrogens with one attached hydrogen (secondary N) is 2. The zero-order chi connectivity index (χ0) is 21.2. The summed E-state index contributed by atoms with van der Waals surface area (Å²) in [6, 6.07) is 2.68. The second-order valence-corrected chi connectivity index (χ2v) is 6.50. The number of anilines is 2. The van der Waals surface area contributed by atoms with E-state index in [0.29, 0.717) is 5.13 Å². The van der Waals surface area contributed by atoms with Crippen LogP contribution in [0.4, 0.5) is 24.0 Å². The fourth-order valence-corrected chi connectivity index (χ4v) is 2.95. The van der Waals surface area contributed by atoms with Gasteiger partial charge in [0.15, 0.2) is 5.76 Å². The van der Waals surface area contributed by atoms with Crippen LogP contribution in [0.5, 0.6) is 5.75 Å². The molecular formula is C15H13F3N6O4S. The molecule has 0 spiro atoms. The molecule has 29 heavy (non-hydrogen) atoms. The van der Waals surface area contributed by atoms with Crippen LogP contribution >= 0.6 is 11.3 Å². The van der Waals surface area contributed by atoms with E-state index in [2.05, 4.69) is 20.6 Å². The summed E-state index contributed by atoms with van der Waals surface area (Å²) in [6.45, 7) is 0.366. The second kappa shape index (κ2) is 7.90. The Hall–Kier alpha value is -3.42. The first-order valence-corrected chi connectivity index (χ1v) is 8.68. The number of hydrogen-bond donors (Lipinski definition) is 2. The molecule has 0 aromatic carbocycles. The summed E-state index contributed by atoms with van der Waals surface area (Å²) in [5.74, 6) is -1.93. The molecular weight excluding hydrogens is 417 g/mol. The highest BCUT2D eigenvalue weighted by Gasteiger charge is 2.28. The number of nitrogens with zero attached hydrogens (tertiary/aromatic N) is 4. The monoisotopic (exact) mass is 430 g/mol. The quantitative estimate of drug-likeness (QED) is 0.610. The molecule has 0 unspecified atom stereocenters. The predicted molar refractivity (Wildman–Crippen MR) is 95.8 cm³/mol. The highest BCUT2D eigenvalue weighted by molar-refractivity contribution is 7.17. The Kier molecular flexibility index (Phi) is 5.54. The van der Waals surface area contributed by atoms with Crippen molar-refractivity contribution in [1.29, 1.82) is 0 Å². The molecule has 0 aliphatic rings. The first-order valence-electron chi connectivity index (χ1n) is 7.86. The first-order chi connectivity index (χ1) is 13.7. The van der Waals surface area contributed by atoms with E-state index in [1.54, 1.807) is 19.2 Å². The van der Waals surface area contributed by atoms with Crippen molar-refractivity contribution in [2.24, 2.45) is 0 Å². The lowest BCUT2D eigenvalue weighted by atomic mass is 10.3. The minimum Gasteiger partial charge on any atom is -0.488 e. The van der Waals surface area contributed by atoms with Crippen molar-refractivity contribution in [1.82, 2.24) is 20.0 Å². The fourth-order valence-electron chi connectivity index (χ4n) is 2.19. The van der Waals surface area contributed by atoms with E-state index in [1.165, 1.54) is 4.68 Å². The summed E-state index contributed by atoms with van der Waals surface area (Å²) in [7, 11) is 1.09. The zero-order valence-corrected chi connectivity index (χ0v) is 15.7. The highest BCUT2D eigenvalue weighted by atomic mass is 32.1. The number of aromatic nitrogens is 4. The molecule has 14 heteroatoms. The van der Waals surface area contributed by atoms with E-state index in [0.717, 1.165) is 30.2 Å². The molecule has 0 saturated carbocycles. The Bertz CT molecular complexity index is 1090. The van der Waals surface area contributed by atoms with Gasteiger partial charge < -0.3 is 14.5 Å².